The molecule has 0 bridgehead atoms. The van der Waals surface area contributed by atoms with E-state index in [4.69, 9.17) is 27.9 Å². The highest BCUT2D eigenvalue weighted by Crippen LogP contribution is 2.13. The highest BCUT2D eigenvalue weighted by Gasteiger charge is 1.99. The van der Waals surface area contributed by atoms with Crippen LogP contribution in [0.2, 0.25) is 5.02 Å². The zero-order valence-electron chi connectivity index (χ0n) is 8.94. The third-order valence-electron chi connectivity index (χ3n) is 2.11. The summed E-state index contributed by atoms with van der Waals surface area (Å²) in [5.74, 6) is 0.820. The molecule has 0 spiro atoms. The van der Waals surface area contributed by atoms with Gasteiger partial charge in [-0.2, -0.15) is 5.10 Å². The van der Waals surface area contributed by atoms with E-state index in [1.165, 1.54) is 0 Å². The van der Waals surface area contributed by atoms with E-state index < -0.39 is 0 Å². The summed E-state index contributed by atoms with van der Waals surface area (Å²) in [4.78, 5) is 0. The molecular weight excluding hydrogens is 259 g/mol. The van der Waals surface area contributed by atoms with E-state index in [2.05, 4.69) is 10.2 Å². The molecule has 0 unspecified atom stereocenters. The van der Waals surface area contributed by atoms with Crippen LogP contribution in [0.3, 0.4) is 0 Å². The Morgan fingerprint density at radius 3 is 2.65 bits per heavy atom. The lowest BCUT2D eigenvalue weighted by atomic mass is 10.2. The summed E-state index contributed by atoms with van der Waals surface area (Å²) in [7, 11) is 0. The molecule has 1 heterocycles. The zero-order valence-corrected chi connectivity index (χ0v) is 10.4. The Labute approximate surface area is 109 Å². The molecule has 0 N–H and O–H groups in total. The first-order valence-electron chi connectivity index (χ1n) is 5.04. The molecule has 5 heteroatoms. The number of aromatic nitrogens is 2. The SMILES string of the molecule is ClCc1ccc(OCc2cccc(Cl)c2)nn1. The fourth-order valence-corrected chi connectivity index (χ4v) is 1.64. The zero-order chi connectivity index (χ0) is 12.1. The maximum Gasteiger partial charge on any atom is 0.233 e. The molecule has 17 heavy (non-hydrogen) atoms. The van der Waals surface area contributed by atoms with Crippen LogP contribution in [-0.4, -0.2) is 10.2 Å². The Morgan fingerprint density at radius 2 is 2.00 bits per heavy atom. The molecule has 0 radical (unpaired) electrons. The van der Waals surface area contributed by atoms with Crippen molar-refractivity contribution in [1.82, 2.24) is 10.2 Å². The number of ether oxygens (including phenoxy) is 1. The van der Waals surface area contributed by atoms with Crippen LogP contribution >= 0.6 is 23.2 Å². The second kappa shape index (κ2) is 5.84. The normalized spacial score (nSPS) is 10.2. The summed E-state index contributed by atoms with van der Waals surface area (Å²) >= 11 is 11.5. The van der Waals surface area contributed by atoms with Gasteiger partial charge in [0.05, 0.1) is 11.6 Å². The van der Waals surface area contributed by atoms with Gasteiger partial charge in [0.25, 0.3) is 0 Å². The first kappa shape index (κ1) is 12.1. The molecule has 0 atom stereocenters. The lowest BCUT2D eigenvalue weighted by Gasteiger charge is -2.05. The van der Waals surface area contributed by atoms with E-state index in [0.29, 0.717) is 23.4 Å². The Morgan fingerprint density at radius 1 is 1.12 bits per heavy atom. The first-order chi connectivity index (χ1) is 8.28. The maximum absolute atomic E-state index is 5.87. The summed E-state index contributed by atoms with van der Waals surface area (Å²) in [5, 5.41) is 8.48. The van der Waals surface area contributed by atoms with Crippen molar-refractivity contribution in [3.63, 3.8) is 0 Å². The van der Waals surface area contributed by atoms with Crippen molar-refractivity contribution in [3.8, 4) is 5.88 Å². The molecule has 0 amide bonds. The van der Waals surface area contributed by atoms with Crippen molar-refractivity contribution in [1.29, 1.82) is 0 Å². The summed E-state index contributed by atoms with van der Waals surface area (Å²) in [6.45, 7) is 0.412. The molecule has 1 aromatic carbocycles. The number of hydrogen-bond donors (Lipinski definition) is 0. The fraction of sp³-hybridized carbons (Fsp3) is 0.167. The Balaban J connectivity index is 1.97. The van der Waals surface area contributed by atoms with Gasteiger partial charge in [-0.3, -0.25) is 0 Å². The van der Waals surface area contributed by atoms with Gasteiger partial charge in [-0.25, -0.2) is 0 Å². The molecule has 0 aliphatic rings. The number of rotatable bonds is 4. The van der Waals surface area contributed by atoms with Crippen LogP contribution < -0.4 is 4.74 Å². The summed E-state index contributed by atoms with van der Waals surface area (Å²) in [5.41, 5.74) is 1.71. The van der Waals surface area contributed by atoms with E-state index in [0.717, 1.165) is 11.3 Å². The molecule has 0 saturated carbocycles. The third kappa shape index (κ3) is 3.58. The first-order valence-corrected chi connectivity index (χ1v) is 5.95. The lowest BCUT2D eigenvalue weighted by molar-refractivity contribution is 0.290. The molecule has 88 valence electrons. The molecule has 3 nitrogen and oxygen atoms in total. The summed E-state index contributed by atoms with van der Waals surface area (Å²) in [6, 6.07) is 11.0. The van der Waals surface area contributed by atoms with Gasteiger partial charge in [0, 0.05) is 11.1 Å². The van der Waals surface area contributed by atoms with E-state index in [-0.39, 0.29) is 0 Å². The summed E-state index contributed by atoms with van der Waals surface area (Å²) < 4.78 is 5.47. The van der Waals surface area contributed by atoms with Gasteiger partial charge >= 0.3 is 0 Å². The van der Waals surface area contributed by atoms with Crippen molar-refractivity contribution in [2.45, 2.75) is 12.5 Å². The summed E-state index contributed by atoms with van der Waals surface area (Å²) in [6.07, 6.45) is 0. The Bertz CT molecular complexity index is 488. The van der Waals surface area contributed by atoms with Crippen molar-refractivity contribution < 1.29 is 4.74 Å². The minimum absolute atomic E-state index is 0.349. The Kier molecular flexibility index (Phi) is 4.18. The van der Waals surface area contributed by atoms with Crippen molar-refractivity contribution in [3.05, 3.63) is 52.7 Å². The number of alkyl halides is 1. The molecule has 2 aromatic rings. The van der Waals surface area contributed by atoms with Crippen LogP contribution in [0.5, 0.6) is 5.88 Å². The number of halogens is 2. The largest absolute Gasteiger partial charge is 0.472 e. The van der Waals surface area contributed by atoms with E-state index in [1.54, 1.807) is 12.1 Å². The minimum atomic E-state index is 0.349. The third-order valence-corrected chi connectivity index (χ3v) is 2.62. The van der Waals surface area contributed by atoms with Crippen LogP contribution in [0.25, 0.3) is 0 Å². The van der Waals surface area contributed by atoms with Crippen molar-refractivity contribution in [2.75, 3.05) is 0 Å². The van der Waals surface area contributed by atoms with E-state index in [1.807, 2.05) is 24.3 Å². The lowest BCUT2D eigenvalue weighted by Crippen LogP contribution is -1.99. The van der Waals surface area contributed by atoms with Crippen LogP contribution in [0.4, 0.5) is 0 Å². The molecule has 2 rings (SSSR count). The van der Waals surface area contributed by atoms with Gasteiger partial charge in [-0.05, 0) is 23.8 Å². The van der Waals surface area contributed by atoms with Crippen molar-refractivity contribution >= 4 is 23.2 Å². The highest BCUT2D eigenvalue weighted by molar-refractivity contribution is 6.30. The topological polar surface area (TPSA) is 35.0 Å². The van der Waals surface area contributed by atoms with Gasteiger partial charge in [-0.1, -0.05) is 23.7 Å². The predicted molar refractivity (Wildman–Crippen MR) is 67.4 cm³/mol. The number of hydrogen-bond acceptors (Lipinski definition) is 3. The standard InChI is InChI=1S/C12H10Cl2N2O/c13-7-11-4-5-12(16-15-11)17-8-9-2-1-3-10(14)6-9/h1-6H,7-8H2. The number of nitrogens with zero attached hydrogens (tertiary/aromatic N) is 2. The molecular formula is C12H10Cl2N2O. The monoisotopic (exact) mass is 268 g/mol. The van der Waals surface area contributed by atoms with Crippen LogP contribution in [-0.2, 0) is 12.5 Å². The van der Waals surface area contributed by atoms with Crippen LogP contribution in [0.1, 0.15) is 11.3 Å². The maximum atomic E-state index is 5.87. The molecule has 0 saturated heterocycles. The van der Waals surface area contributed by atoms with Gasteiger partial charge in [0.2, 0.25) is 5.88 Å². The molecule has 0 aliphatic heterocycles. The predicted octanol–water partition coefficient (Wildman–Crippen LogP) is 3.45. The fourth-order valence-electron chi connectivity index (χ4n) is 1.28. The molecule has 0 aliphatic carbocycles. The second-order valence-electron chi connectivity index (χ2n) is 3.42. The van der Waals surface area contributed by atoms with Crippen LogP contribution in [0, 0.1) is 0 Å². The molecule has 0 fully saturated rings. The smallest absolute Gasteiger partial charge is 0.233 e. The van der Waals surface area contributed by atoms with Crippen molar-refractivity contribution in [2.24, 2.45) is 0 Å². The molecule has 1 aromatic heterocycles. The highest BCUT2D eigenvalue weighted by atomic mass is 35.5. The average molecular weight is 269 g/mol. The quantitative estimate of drug-likeness (QED) is 0.797. The average Bonchev–Trinajstić information content (AvgIpc) is 2.37. The van der Waals surface area contributed by atoms with Gasteiger partial charge < -0.3 is 4.74 Å². The van der Waals surface area contributed by atoms with E-state index >= 15 is 0 Å². The minimum Gasteiger partial charge on any atom is -0.472 e. The Hall–Kier alpha value is -1.32. The van der Waals surface area contributed by atoms with Gasteiger partial charge in [-0.15, -0.1) is 16.7 Å². The second-order valence-corrected chi connectivity index (χ2v) is 4.12. The van der Waals surface area contributed by atoms with Crippen LogP contribution in [0.15, 0.2) is 36.4 Å². The van der Waals surface area contributed by atoms with Gasteiger partial charge in [0.15, 0.2) is 0 Å². The van der Waals surface area contributed by atoms with Gasteiger partial charge in [0.1, 0.15) is 6.61 Å². The van der Waals surface area contributed by atoms with E-state index in [9.17, 15) is 0 Å². The number of benzene rings is 1.